The average Bonchev–Trinajstić information content (AvgIpc) is 2.94. The van der Waals surface area contributed by atoms with E-state index in [1.165, 1.54) is 22.5 Å². The van der Waals surface area contributed by atoms with Gasteiger partial charge in [0.25, 0.3) is 0 Å². The van der Waals surface area contributed by atoms with Crippen molar-refractivity contribution in [3.63, 3.8) is 0 Å². The molecule has 4 rings (SSSR count). The third-order valence-electron chi connectivity index (χ3n) is 3.71. The number of hydrogen-bond acceptors (Lipinski definition) is 4. The minimum atomic E-state index is 0.763. The minimum absolute atomic E-state index is 0.763. The summed E-state index contributed by atoms with van der Waals surface area (Å²) in [6, 6.07) is 16.6. The number of nitrogens with zero attached hydrogens (tertiary/aromatic N) is 4. The highest BCUT2D eigenvalue weighted by Crippen LogP contribution is 2.28. The van der Waals surface area contributed by atoms with Gasteiger partial charge in [0.2, 0.25) is 0 Å². The summed E-state index contributed by atoms with van der Waals surface area (Å²) in [4.78, 5) is 8.55. The topological polar surface area (TPSA) is 43.1 Å². The summed E-state index contributed by atoms with van der Waals surface area (Å²) < 4.78 is 1.97. The number of fused-ring (bicyclic) bond motifs is 3. The van der Waals surface area contributed by atoms with E-state index in [0.717, 1.165) is 21.8 Å². The van der Waals surface area contributed by atoms with Crippen molar-refractivity contribution in [1.29, 1.82) is 0 Å². The molecule has 112 valence electrons. The first kappa shape index (κ1) is 14.0. The van der Waals surface area contributed by atoms with Crippen molar-refractivity contribution in [3.05, 3.63) is 66.5 Å². The van der Waals surface area contributed by atoms with Gasteiger partial charge in [-0.25, -0.2) is 14.6 Å². The van der Waals surface area contributed by atoms with E-state index in [1.54, 1.807) is 18.6 Å². The number of rotatable bonds is 3. The molecule has 0 aliphatic heterocycles. The average molecular weight is 318 g/mol. The Morgan fingerprint density at radius 3 is 2.04 bits per heavy atom. The fraction of sp³-hybridized carbons (Fsp3) is 0.0556. The van der Waals surface area contributed by atoms with Gasteiger partial charge in [0.15, 0.2) is 5.16 Å². The lowest BCUT2D eigenvalue weighted by atomic mass is 10.2. The first-order valence-electron chi connectivity index (χ1n) is 7.25. The second-order valence-corrected chi connectivity index (χ2v) is 5.87. The summed E-state index contributed by atoms with van der Waals surface area (Å²) >= 11 is 1.53. The lowest BCUT2D eigenvalue weighted by Gasteiger charge is -2.00. The predicted molar refractivity (Wildman–Crippen MR) is 96.2 cm³/mol. The van der Waals surface area contributed by atoms with Crippen molar-refractivity contribution in [1.82, 2.24) is 14.6 Å². The molecule has 0 radical (unpaired) electrons. The molecule has 0 bridgehead atoms. The molecule has 0 saturated heterocycles. The molecule has 0 amide bonds. The predicted octanol–water partition coefficient (Wildman–Crippen LogP) is 4.19. The van der Waals surface area contributed by atoms with Crippen LogP contribution >= 0.6 is 11.8 Å². The van der Waals surface area contributed by atoms with Gasteiger partial charge < -0.3 is 0 Å². The molecule has 5 heteroatoms. The number of para-hydroxylation sites is 2. The normalized spacial score (nSPS) is 11.7. The molecule has 4 nitrogen and oxygen atoms in total. The van der Waals surface area contributed by atoms with Crippen LogP contribution in [0.4, 0.5) is 0 Å². The van der Waals surface area contributed by atoms with E-state index in [4.69, 9.17) is 0 Å². The Morgan fingerprint density at radius 2 is 1.48 bits per heavy atom. The zero-order chi connectivity index (χ0) is 15.6. The molecule has 0 aliphatic carbocycles. The van der Waals surface area contributed by atoms with Crippen LogP contribution in [0, 0.1) is 0 Å². The van der Waals surface area contributed by atoms with E-state index in [-0.39, 0.29) is 0 Å². The molecule has 0 unspecified atom stereocenters. The molecule has 0 atom stereocenters. The number of aromatic nitrogens is 3. The van der Waals surface area contributed by atoms with E-state index < -0.39 is 0 Å². The molecular weight excluding hydrogens is 304 g/mol. The number of hydrogen-bond donors (Lipinski definition) is 0. The van der Waals surface area contributed by atoms with Crippen LogP contribution in [-0.2, 0) is 0 Å². The zero-order valence-corrected chi connectivity index (χ0v) is 13.4. The summed E-state index contributed by atoms with van der Waals surface area (Å²) in [7, 11) is 0. The monoisotopic (exact) mass is 318 g/mol. The van der Waals surface area contributed by atoms with Crippen LogP contribution < -0.4 is 0 Å². The number of benzene rings is 2. The summed E-state index contributed by atoms with van der Waals surface area (Å²) in [5.41, 5.74) is 3.06. The third-order valence-corrected chi connectivity index (χ3v) is 4.28. The van der Waals surface area contributed by atoms with Gasteiger partial charge in [0.1, 0.15) is 0 Å². The molecule has 0 aliphatic rings. The second-order valence-electron chi connectivity index (χ2n) is 5.09. The molecule has 2 heterocycles. The van der Waals surface area contributed by atoms with Gasteiger partial charge in [-0.1, -0.05) is 48.2 Å². The minimum Gasteiger partial charge on any atom is -0.232 e. The van der Waals surface area contributed by atoms with Crippen LogP contribution in [0.1, 0.15) is 5.56 Å². The van der Waals surface area contributed by atoms with Gasteiger partial charge in [-0.05, 0) is 18.4 Å². The van der Waals surface area contributed by atoms with E-state index in [1.807, 2.05) is 23.1 Å². The zero-order valence-electron chi connectivity index (χ0n) is 12.5. The summed E-state index contributed by atoms with van der Waals surface area (Å²) in [6.45, 7) is 0. The van der Waals surface area contributed by atoms with Crippen molar-refractivity contribution < 1.29 is 0 Å². The molecule has 2 aromatic heterocycles. The quantitative estimate of drug-likeness (QED) is 0.323. The molecular formula is C18H14N4S. The van der Waals surface area contributed by atoms with Crippen LogP contribution in [0.2, 0.25) is 0 Å². The van der Waals surface area contributed by atoms with Gasteiger partial charge in [-0.15, -0.1) is 0 Å². The number of thioether (sulfide) groups is 1. The first-order valence-corrected chi connectivity index (χ1v) is 8.48. The van der Waals surface area contributed by atoms with Gasteiger partial charge in [-0.3, -0.25) is 0 Å². The lowest BCUT2D eigenvalue weighted by Crippen LogP contribution is -1.93. The standard InChI is InChI=1S/C18H14N4S/c1-23-18-19-10-13(11-20-18)12-21-22-16-8-4-2-6-14(16)15-7-3-5-9-17(15)22/h2-12H,1H3/b21-12-. The maximum absolute atomic E-state index is 4.65. The molecule has 0 N–H and O–H groups in total. The van der Waals surface area contributed by atoms with Crippen molar-refractivity contribution in [2.45, 2.75) is 5.16 Å². The van der Waals surface area contributed by atoms with Crippen LogP contribution in [0.15, 0.2) is 71.2 Å². The van der Waals surface area contributed by atoms with E-state index in [0.29, 0.717) is 0 Å². The van der Waals surface area contributed by atoms with Crippen LogP contribution in [0.25, 0.3) is 21.8 Å². The Labute approximate surface area is 137 Å². The van der Waals surface area contributed by atoms with Crippen molar-refractivity contribution >= 4 is 39.8 Å². The highest BCUT2D eigenvalue weighted by molar-refractivity contribution is 7.98. The highest BCUT2D eigenvalue weighted by Gasteiger charge is 2.08. The fourth-order valence-electron chi connectivity index (χ4n) is 2.65. The first-order chi connectivity index (χ1) is 11.4. The Balaban J connectivity index is 1.84. The lowest BCUT2D eigenvalue weighted by molar-refractivity contribution is 0.955. The SMILES string of the molecule is CSc1ncc(/C=N\n2c3ccccc3c3ccccc32)cn1. The van der Waals surface area contributed by atoms with Gasteiger partial charge in [-0.2, -0.15) is 5.10 Å². The van der Waals surface area contributed by atoms with Crippen molar-refractivity contribution in [2.75, 3.05) is 6.26 Å². The van der Waals surface area contributed by atoms with Gasteiger partial charge in [0, 0.05) is 28.7 Å². The Hall–Kier alpha value is -2.66. The fourth-order valence-corrected chi connectivity index (χ4v) is 2.97. The summed E-state index contributed by atoms with van der Waals surface area (Å²) in [6.07, 6.45) is 7.33. The maximum atomic E-state index is 4.65. The van der Waals surface area contributed by atoms with Crippen LogP contribution in [0.3, 0.4) is 0 Å². The molecule has 4 aromatic rings. The van der Waals surface area contributed by atoms with E-state index >= 15 is 0 Å². The molecule has 0 fully saturated rings. The Kier molecular flexibility index (Phi) is 3.55. The Bertz CT molecular complexity index is 949. The molecule has 23 heavy (non-hydrogen) atoms. The van der Waals surface area contributed by atoms with Crippen LogP contribution in [-0.4, -0.2) is 27.1 Å². The summed E-state index contributed by atoms with van der Waals surface area (Å²) in [5, 5.41) is 7.82. The maximum Gasteiger partial charge on any atom is 0.187 e. The third kappa shape index (κ3) is 2.49. The highest BCUT2D eigenvalue weighted by atomic mass is 32.2. The summed E-state index contributed by atoms with van der Waals surface area (Å²) in [5.74, 6) is 0. The van der Waals surface area contributed by atoms with Crippen molar-refractivity contribution in [3.8, 4) is 0 Å². The molecule has 0 saturated carbocycles. The molecule has 0 spiro atoms. The van der Waals surface area contributed by atoms with Crippen molar-refractivity contribution in [2.24, 2.45) is 5.10 Å². The Morgan fingerprint density at radius 1 is 0.913 bits per heavy atom. The van der Waals surface area contributed by atoms with Crippen LogP contribution in [0.5, 0.6) is 0 Å². The second kappa shape index (κ2) is 5.85. The van der Waals surface area contributed by atoms with Gasteiger partial charge in [0.05, 0.1) is 17.2 Å². The largest absolute Gasteiger partial charge is 0.232 e. The van der Waals surface area contributed by atoms with Gasteiger partial charge >= 0.3 is 0 Å². The van der Waals surface area contributed by atoms with E-state index in [9.17, 15) is 0 Å². The molecule has 2 aromatic carbocycles. The van der Waals surface area contributed by atoms with E-state index in [2.05, 4.69) is 51.5 Å². The smallest absolute Gasteiger partial charge is 0.187 e.